The topological polar surface area (TPSA) is 67.2 Å². The number of nitrogens with one attached hydrogen (secondary N) is 2. The van der Waals surface area contributed by atoms with Gasteiger partial charge in [0.05, 0.1) is 5.69 Å². The lowest BCUT2D eigenvalue weighted by atomic mass is 10.1. The molecule has 2 heterocycles. The van der Waals surface area contributed by atoms with Crippen LogP contribution in [-0.4, -0.2) is 30.0 Å². The largest absolute Gasteiger partial charge is 0.438 e. The quantitative estimate of drug-likeness (QED) is 0.858. The Morgan fingerprint density at radius 1 is 1.59 bits per heavy atom. The second-order valence-electron chi connectivity index (χ2n) is 3.78. The first-order chi connectivity index (χ1) is 7.27. The zero-order chi connectivity index (χ0) is 10.7. The van der Waals surface area contributed by atoms with E-state index in [0.29, 0.717) is 11.5 Å². The zero-order valence-electron chi connectivity index (χ0n) is 9.56. The highest BCUT2D eigenvalue weighted by Gasteiger charge is 2.19. The molecular formula is C10H17Cl2N3O2. The van der Waals surface area contributed by atoms with E-state index in [1.54, 1.807) is 6.92 Å². The average Bonchev–Trinajstić information content (AvgIpc) is 2.66. The summed E-state index contributed by atoms with van der Waals surface area (Å²) in [6.07, 6.45) is 3.41. The van der Waals surface area contributed by atoms with Crippen LogP contribution in [0.2, 0.25) is 0 Å². The molecule has 7 heteroatoms. The van der Waals surface area contributed by atoms with Crippen LogP contribution in [0, 0.1) is 6.92 Å². The number of rotatable bonds is 2. The Bertz CT molecular complexity index is 351. The molecule has 1 aromatic heterocycles. The molecule has 0 radical (unpaired) electrons. The summed E-state index contributed by atoms with van der Waals surface area (Å²) in [6.45, 7) is 3.63. The summed E-state index contributed by atoms with van der Waals surface area (Å²) in [4.78, 5) is 15.6. The molecule has 1 aliphatic rings. The highest BCUT2D eigenvalue weighted by molar-refractivity contribution is 5.92. The second-order valence-corrected chi connectivity index (χ2v) is 3.78. The van der Waals surface area contributed by atoms with Gasteiger partial charge in [0.15, 0.2) is 6.39 Å². The Kier molecular flexibility index (Phi) is 7.18. The smallest absolute Gasteiger partial charge is 0.289 e. The van der Waals surface area contributed by atoms with Crippen molar-refractivity contribution in [3.8, 4) is 0 Å². The van der Waals surface area contributed by atoms with Crippen LogP contribution in [0.15, 0.2) is 10.8 Å². The molecule has 5 nitrogen and oxygen atoms in total. The highest BCUT2D eigenvalue weighted by Crippen LogP contribution is 2.07. The number of hydrogen-bond donors (Lipinski definition) is 2. The van der Waals surface area contributed by atoms with Gasteiger partial charge in [0.25, 0.3) is 5.91 Å². The normalized spacial score (nSPS) is 18.8. The third-order valence-corrected chi connectivity index (χ3v) is 2.58. The minimum absolute atomic E-state index is 0. The van der Waals surface area contributed by atoms with Crippen molar-refractivity contribution in [3.63, 3.8) is 0 Å². The Labute approximate surface area is 113 Å². The van der Waals surface area contributed by atoms with E-state index in [4.69, 9.17) is 4.42 Å². The van der Waals surface area contributed by atoms with Crippen molar-refractivity contribution >= 4 is 30.7 Å². The maximum Gasteiger partial charge on any atom is 0.289 e. The van der Waals surface area contributed by atoms with Crippen LogP contribution in [0.1, 0.15) is 29.1 Å². The Morgan fingerprint density at radius 3 is 2.88 bits per heavy atom. The van der Waals surface area contributed by atoms with Crippen molar-refractivity contribution in [2.75, 3.05) is 13.1 Å². The van der Waals surface area contributed by atoms with E-state index in [0.717, 1.165) is 25.9 Å². The molecule has 0 bridgehead atoms. The average molecular weight is 282 g/mol. The lowest BCUT2D eigenvalue weighted by molar-refractivity contribution is 0.0901. The van der Waals surface area contributed by atoms with Gasteiger partial charge in [-0.2, -0.15) is 0 Å². The molecule has 0 spiro atoms. The Morgan fingerprint density at radius 2 is 2.35 bits per heavy atom. The van der Waals surface area contributed by atoms with Gasteiger partial charge in [0, 0.05) is 12.6 Å². The first kappa shape index (κ1) is 16.2. The first-order valence-electron chi connectivity index (χ1n) is 5.19. The molecule has 98 valence electrons. The molecule has 1 aromatic rings. The number of amides is 1. The SMILES string of the molecule is Cc1ncoc1C(=O)N[C@H]1CCCNC1.Cl.Cl. The van der Waals surface area contributed by atoms with Crippen molar-refractivity contribution in [1.29, 1.82) is 0 Å². The summed E-state index contributed by atoms with van der Waals surface area (Å²) in [5.74, 6) is 0.152. The predicted octanol–water partition coefficient (Wildman–Crippen LogP) is 1.31. The number of aryl methyl sites for hydroxylation is 1. The van der Waals surface area contributed by atoms with Crippen LogP contribution in [0.25, 0.3) is 0 Å². The lowest BCUT2D eigenvalue weighted by Gasteiger charge is -2.23. The van der Waals surface area contributed by atoms with Crippen LogP contribution in [-0.2, 0) is 0 Å². The van der Waals surface area contributed by atoms with E-state index in [9.17, 15) is 4.79 Å². The molecule has 1 atom stereocenters. The first-order valence-corrected chi connectivity index (χ1v) is 5.19. The van der Waals surface area contributed by atoms with Gasteiger partial charge < -0.3 is 15.1 Å². The number of carbonyl (C=O) groups excluding carboxylic acids is 1. The molecular weight excluding hydrogens is 265 g/mol. The Balaban J connectivity index is 0.00000128. The van der Waals surface area contributed by atoms with E-state index in [1.165, 1.54) is 6.39 Å². The molecule has 17 heavy (non-hydrogen) atoms. The highest BCUT2D eigenvalue weighted by atomic mass is 35.5. The van der Waals surface area contributed by atoms with Crippen molar-refractivity contribution < 1.29 is 9.21 Å². The standard InChI is InChI=1S/C10H15N3O2.2ClH/c1-7-9(15-6-12-7)10(14)13-8-3-2-4-11-5-8;;/h6,8,11H,2-5H2,1H3,(H,13,14);2*1H/t8-;;/m0../s1. The predicted molar refractivity (Wildman–Crippen MR) is 69.1 cm³/mol. The van der Waals surface area contributed by atoms with E-state index in [-0.39, 0.29) is 36.8 Å². The molecule has 1 aliphatic heterocycles. The van der Waals surface area contributed by atoms with Crippen molar-refractivity contribution in [3.05, 3.63) is 17.8 Å². The van der Waals surface area contributed by atoms with Crippen molar-refractivity contribution in [1.82, 2.24) is 15.6 Å². The fourth-order valence-corrected chi connectivity index (χ4v) is 1.75. The molecule has 0 saturated carbocycles. The zero-order valence-corrected chi connectivity index (χ0v) is 11.2. The minimum Gasteiger partial charge on any atom is -0.438 e. The van der Waals surface area contributed by atoms with Gasteiger partial charge in [-0.15, -0.1) is 24.8 Å². The third kappa shape index (κ3) is 4.18. The number of nitrogens with zero attached hydrogens (tertiary/aromatic N) is 1. The molecule has 0 aromatic carbocycles. The molecule has 1 amide bonds. The van der Waals surface area contributed by atoms with Gasteiger partial charge in [-0.1, -0.05) is 0 Å². The third-order valence-electron chi connectivity index (χ3n) is 2.58. The van der Waals surface area contributed by atoms with Gasteiger partial charge in [-0.3, -0.25) is 4.79 Å². The molecule has 2 N–H and O–H groups in total. The number of halogens is 2. The minimum atomic E-state index is -0.168. The van der Waals surface area contributed by atoms with Gasteiger partial charge in [0.1, 0.15) is 0 Å². The van der Waals surface area contributed by atoms with Gasteiger partial charge in [-0.25, -0.2) is 4.98 Å². The van der Waals surface area contributed by atoms with Crippen LogP contribution in [0.5, 0.6) is 0 Å². The number of piperidine rings is 1. The summed E-state index contributed by atoms with van der Waals surface area (Å²) in [5.41, 5.74) is 0.635. The lowest BCUT2D eigenvalue weighted by Crippen LogP contribution is -2.45. The summed E-state index contributed by atoms with van der Waals surface area (Å²) >= 11 is 0. The second kappa shape index (κ2) is 7.53. The van der Waals surface area contributed by atoms with Gasteiger partial charge in [-0.05, 0) is 26.3 Å². The number of oxazole rings is 1. The van der Waals surface area contributed by atoms with Crippen molar-refractivity contribution in [2.45, 2.75) is 25.8 Å². The molecule has 0 aliphatic carbocycles. The summed E-state index contributed by atoms with van der Waals surface area (Å²) in [6, 6.07) is 0.204. The van der Waals surface area contributed by atoms with Gasteiger partial charge >= 0.3 is 0 Å². The summed E-state index contributed by atoms with van der Waals surface area (Å²) in [7, 11) is 0. The molecule has 1 fully saturated rings. The molecule has 0 unspecified atom stereocenters. The van der Waals surface area contributed by atoms with Crippen LogP contribution < -0.4 is 10.6 Å². The van der Waals surface area contributed by atoms with E-state index in [2.05, 4.69) is 15.6 Å². The number of hydrogen-bond acceptors (Lipinski definition) is 4. The van der Waals surface area contributed by atoms with E-state index < -0.39 is 0 Å². The molecule has 1 saturated heterocycles. The van der Waals surface area contributed by atoms with Gasteiger partial charge in [0.2, 0.25) is 5.76 Å². The van der Waals surface area contributed by atoms with E-state index >= 15 is 0 Å². The number of aromatic nitrogens is 1. The fourth-order valence-electron chi connectivity index (χ4n) is 1.75. The summed E-state index contributed by atoms with van der Waals surface area (Å²) < 4.78 is 5.02. The Hall–Kier alpha value is -0.780. The number of carbonyl (C=O) groups is 1. The van der Waals surface area contributed by atoms with Crippen LogP contribution >= 0.6 is 24.8 Å². The monoisotopic (exact) mass is 281 g/mol. The molecule has 2 rings (SSSR count). The maximum absolute atomic E-state index is 11.7. The van der Waals surface area contributed by atoms with Crippen LogP contribution in [0.3, 0.4) is 0 Å². The summed E-state index contributed by atoms with van der Waals surface area (Å²) in [5, 5.41) is 6.17. The fraction of sp³-hybridized carbons (Fsp3) is 0.600. The van der Waals surface area contributed by atoms with E-state index in [1.807, 2.05) is 0 Å². The van der Waals surface area contributed by atoms with Crippen molar-refractivity contribution in [2.24, 2.45) is 0 Å². The maximum atomic E-state index is 11.7. The van der Waals surface area contributed by atoms with Crippen LogP contribution in [0.4, 0.5) is 0 Å².